The summed E-state index contributed by atoms with van der Waals surface area (Å²) in [6.07, 6.45) is 0. The molecule has 1 aromatic carbocycles. The second-order valence-corrected chi connectivity index (χ2v) is 3.46. The third-order valence-corrected chi connectivity index (χ3v) is 2.08. The number of halogens is 1. The van der Waals surface area contributed by atoms with E-state index in [2.05, 4.69) is 5.32 Å². The van der Waals surface area contributed by atoms with Gasteiger partial charge >= 0.3 is 5.97 Å². The number of rotatable bonds is 4. The van der Waals surface area contributed by atoms with Gasteiger partial charge in [0.15, 0.2) is 0 Å². The predicted molar refractivity (Wildman–Crippen MR) is 55.5 cm³/mol. The number of hydrogen-bond donors (Lipinski definition) is 2. The van der Waals surface area contributed by atoms with Gasteiger partial charge in [0.25, 0.3) is 5.91 Å². The van der Waals surface area contributed by atoms with E-state index in [4.69, 9.17) is 5.11 Å². The van der Waals surface area contributed by atoms with Crippen molar-refractivity contribution in [2.45, 2.75) is 6.92 Å². The lowest BCUT2D eigenvalue weighted by atomic mass is 10.1. The maximum atomic E-state index is 12.8. The molecule has 16 heavy (non-hydrogen) atoms. The Labute approximate surface area is 92.1 Å². The summed E-state index contributed by atoms with van der Waals surface area (Å²) in [5, 5.41) is 11.0. The van der Waals surface area contributed by atoms with Crippen LogP contribution < -0.4 is 5.32 Å². The monoisotopic (exact) mass is 225 g/mol. The number of carbonyl (C=O) groups is 2. The van der Waals surface area contributed by atoms with Gasteiger partial charge in [0.05, 0.1) is 5.92 Å². The van der Waals surface area contributed by atoms with Crippen LogP contribution in [0.25, 0.3) is 0 Å². The molecule has 4 nitrogen and oxygen atoms in total. The lowest BCUT2D eigenvalue weighted by Crippen LogP contribution is -2.31. The maximum Gasteiger partial charge on any atom is 0.308 e. The van der Waals surface area contributed by atoms with E-state index in [1.807, 2.05) is 0 Å². The topological polar surface area (TPSA) is 66.4 Å². The minimum absolute atomic E-state index is 0.0185. The van der Waals surface area contributed by atoms with Crippen molar-refractivity contribution < 1.29 is 19.1 Å². The van der Waals surface area contributed by atoms with E-state index in [1.54, 1.807) is 0 Å². The summed E-state index contributed by atoms with van der Waals surface area (Å²) in [4.78, 5) is 21.9. The van der Waals surface area contributed by atoms with E-state index in [0.717, 1.165) is 6.07 Å². The molecule has 0 aromatic heterocycles. The van der Waals surface area contributed by atoms with Crippen molar-refractivity contribution in [2.24, 2.45) is 5.92 Å². The van der Waals surface area contributed by atoms with E-state index < -0.39 is 23.6 Å². The van der Waals surface area contributed by atoms with Gasteiger partial charge in [0, 0.05) is 12.1 Å². The quantitative estimate of drug-likeness (QED) is 0.811. The number of carboxylic acids is 1. The zero-order valence-corrected chi connectivity index (χ0v) is 8.74. The molecule has 1 aromatic rings. The van der Waals surface area contributed by atoms with Gasteiger partial charge < -0.3 is 10.4 Å². The molecule has 1 unspecified atom stereocenters. The minimum atomic E-state index is -0.987. The Balaban J connectivity index is 2.56. The van der Waals surface area contributed by atoms with Gasteiger partial charge in [0.1, 0.15) is 5.82 Å². The van der Waals surface area contributed by atoms with E-state index >= 15 is 0 Å². The summed E-state index contributed by atoms with van der Waals surface area (Å²) in [5.41, 5.74) is 0.178. The first-order valence-corrected chi connectivity index (χ1v) is 4.77. The Morgan fingerprint density at radius 2 is 2.19 bits per heavy atom. The minimum Gasteiger partial charge on any atom is -0.481 e. The highest BCUT2D eigenvalue weighted by Crippen LogP contribution is 2.03. The first-order valence-electron chi connectivity index (χ1n) is 4.77. The summed E-state index contributed by atoms with van der Waals surface area (Å²) in [6, 6.07) is 5.21. The highest BCUT2D eigenvalue weighted by atomic mass is 19.1. The molecule has 0 aliphatic rings. The smallest absolute Gasteiger partial charge is 0.308 e. The third-order valence-electron chi connectivity index (χ3n) is 2.08. The second-order valence-electron chi connectivity index (χ2n) is 3.46. The van der Waals surface area contributed by atoms with E-state index in [1.165, 1.54) is 25.1 Å². The van der Waals surface area contributed by atoms with Crippen molar-refractivity contribution in [1.82, 2.24) is 5.32 Å². The van der Waals surface area contributed by atoms with Gasteiger partial charge in [-0.15, -0.1) is 0 Å². The van der Waals surface area contributed by atoms with Gasteiger partial charge in [0.2, 0.25) is 0 Å². The summed E-state index contributed by atoms with van der Waals surface area (Å²) in [6.45, 7) is 1.50. The summed E-state index contributed by atoms with van der Waals surface area (Å²) in [7, 11) is 0. The zero-order chi connectivity index (χ0) is 12.1. The van der Waals surface area contributed by atoms with Crippen LogP contribution in [0.15, 0.2) is 24.3 Å². The number of amides is 1. The number of carbonyl (C=O) groups excluding carboxylic acids is 1. The molecule has 1 rings (SSSR count). The fourth-order valence-electron chi connectivity index (χ4n) is 1.06. The molecule has 0 heterocycles. The van der Waals surface area contributed by atoms with Gasteiger partial charge in [-0.25, -0.2) is 4.39 Å². The van der Waals surface area contributed by atoms with Crippen molar-refractivity contribution in [3.8, 4) is 0 Å². The molecule has 2 N–H and O–H groups in total. The Hall–Kier alpha value is -1.91. The zero-order valence-electron chi connectivity index (χ0n) is 8.74. The number of nitrogens with one attached hydrogen (secondary N) is 1. The molecule has 0 aliphatic heterocycles. The predicted octanol–water partition coefficient (Wildman–Crippen LogP) is 1.28. The lowest BCUT2D eigenvalue weighted by molar-refractivity contribution is -0.140. The Morgan fingerprint density at radius 1 is 1.50 bits per heavy atom. The fraction of sp³-hybridized carbons (Fsp3) is 0.273. The van der Waals surface area contributed by atoms with Crippen LogP contribution in [-0.4, -0.2) is 23.5 Å². The van der Waals surface area contributed by atoms with Crippen LogP contribution >= 0.6 is 0 Å². The van der Waals surface area contributed by atoms with Crippen molar-refractivity contribution in [1.29, 1.82) is 0 Å². The van der Waals surface area contributed by atoms with Crippen molar-refractivity contribution in [3.63, 3.8) is 0 Å². The number of carboxylic acid groups (broad SMARTS) is 1. The number of hydrogen-bond acceptors (Lipinski definition) is 2. The van der Waals surface area contributed by atoms with Crippen LogP contribution in [-0.2, 0) is 4.79 Å². The largest absolute Gasteiger partial charge is 0.481 e. The summed E-state index contributed by atoms with van der Waals surface area (Å²) in [5.74, 6) is -2.64. The maximum absolute atomic E-state index is 12.8. The lowest BCUT2D eigenvalue weighted by Gasteiger charge is -2.08. The molecule has 0 fully saturated rings. The van der Waals surface area contributed by atoms with Gasteiger partial charge in [-0.3, -0.25) is 9.59 Å². The van der Waals surface area contributed by atoms with Crippen LogP contribution in [0.3, 0.4) is 0 Å². The molecular weight excluding hydrogens is 213 g/mol. The van der Waals surface area contributed by atoms with Gasteiger partial charge in [-0.1, -0.05) is 13.0 Å². The molecule has 5 heteroatoms. The average Bonchev–Trinajstić information content (AvgIpc) is 2.25. The van der Waals surface area contributed by atoms with Crippen molar-refractivity contribution in [3.05, 3.63) is 35.6 Å². The van der Waals surface area contributed by atoms with E-state index in [9.17, 15) is 14.0 Å². The van der Waals surface area contributed by atoms with Gasteiger partial charge in [-0.2, -0.15) is 0 Å². The molecule has 0 saturated heterocycles. The van der Waals surface area contributed by atoms with Crippen LogP contribution in [0.1, 0.15) is 17.3 Å². The standard InChI is InChI=1S/C11H12FNO3/c1-7(11(15)16)6-13-10(14)8-3-2-4-9(12)5-8/h2-5,7H,6H2,1H3,(H,13,14)(H,15,16). The summed E-state index contributed by atoms with van der Waals surface area (Å²) >= 11 is 0. The van der Waals surface area contributed by atoms with Crippen LogP contribution in [0, 0.1) is 11.7 Å². The molecule has 1 atom stereocenters. The van der Waals surface area contributed by atoms with Gasteiger partial charge in [-0.05, 0) is 18.2 Å². The van der Waals surface area contributed by atoms with Crippen LogP contribution in [0.2, 0.25) is 0 Å². The Morgan fingerprint density at radius 3 is 2.75 bits per heavy atom. The first kappa shape index (κ1) is 12.2. The Bertz CT molecular complexity index is 406. The van der Waals surface area contributed by atoms with Crippen molar-refractivity contribution in [2.75, 3.05) is 6.54 Å². The highest BCUT2D eigenvalue weighted by Gasteiger charge is 2.13. The molecule has 0 spiro atoms. The molecule has 0 radical (unpaired) electrons. The molecule has 1 amide bonds. The molecule has 0 aliphatic carbocycles. The Kier molecular flexibility index (Phi) is 3.99. The average molecular weight is 225 g/mol. The van der Waals surface area contributed by atoms with E-state index in [0.29, 0.717) is 0 Å². The number of benzene rings is 1. The molecule has 86 valence electrons. The highest BCUT2D eigenvalue weighted by molar-refractivity contribution is 5.94. The van der Waals surface area contributed by atoms with E-state index in [-0.39, 0.29) is 12.1 Å². The van der Waals surface area contributed by atoms with Crippen molar-refractivity contribution >= 4 is 11.9 Å². The molecule has 0 saturated carbocycles. The first-order chi connectivity index (χ1) is 7.50. The van der Waals surface area contributed by atoms with Crippen LogP contribution in [0.5, 0.6) is 0 Å². The molecular formula is C11H12FNO3. The SMILES string of the molecule is CC(CNC(=O)c1cccc(F)c1)C(=O)O. The molecule has 0 bridgehead atoms. The normalized spacial score (nSPS) is 11.9. The fourth-order valence-corrected chi connectivity index (χ4v) is 1.06. The van der Waals surface area contributed by atoms with Crippen LogP contribution in [0.4, 0.5) is 4.39 Å². The number of aliphatic carboxylic acids is 1. The third kappa shape index (κ3) is 3.34. The summed E-state index contributed by atoms with van der Waals surface area (Å²) < 4.78 is 12.8. The second kappa shape index (κ2) is 5.25.